The van der Waals surface area contributed by atoms with Crippen LogP contribution in [-0.4, -0.2) is 10.2 Å². The fourth-order valence-electron chi connectivity index (χ4n) is 0.642. The van der Waals surface area contributed by atoms with Crippen LogP contribution >= 0.6 is 22.6 Å². The smallest absolute Gasteiger partial charge is 0.283 e. The van der Waals surface area contributed by atoms with E-state index in [0.717, 1.165) is 25.7 Å². The van der Waals surface area contributed by atoms with Gasteiger partial charge in [-0.1, -0.05) is 19.8 Å². The Hall–Kier alpha value is 0.0700. The summed E-state index contributed by atoms with van der Waals surface area (Å²) in [5.74, 6) is -0.517. The Bertz CT molecular complexity index is 117. The van der Waals surface area contributed by atoms with Gasteiger partial charge < -0.3 is 10.2 Å². The van der Waals surface area contributed by atoms with Gasteiger partial charge in [0.25, 0.3) is 5.95 Å². The second-order valence-electron chi connectivity index (χ2n) is 2.19. The number of rotatable bonds is 4. The van der Waals surface area contributed by atoms with Gasteiger partial charge in [-0.05, 0) is 35.4 Å². The Morgan fingerprint density at radius 3 is 2.30 bits per heavy atom. The van der Waals surface area contributed by atoms with E-state index in [1.54, 1.807) is 0 Å². The van der Waals surface area contributed by atoms with Crippen molar-refractivity contribution in [2.45, 2.75) is 32.6 Å². The van der Waals surface area contributed by atoms with Gasteiger partial charge >= 0.3 is 0 Å². The van der Waals surface area contributed by atoms with Crippen LogP contribution in [0, 0.1) is 0 Å². The van der Waals surface area contributed by atoms with Gasteiger partial charge in [0, 0.05) is 0 Å². The minimum atomic E-state index is -0.517. The molecule has 0 spiro atoms. The third-order valence-electron chi connectivity index (χ3n) is 1.24. The minimum absolute atomic E-state index is 0.517. The highest BCUT2D eigenvalue weighted by molar-refractivity contribution is 14.1. The number of unbranched alkanes of at least 4 members (excludes halogenated alkanes) is 2. The molecule has 10 heavy (non-hydrogen) atoms. The van der Waals surface area contributed by atoms with E-state index < -0.39 is 5.95 Å². The summed E-state index contributed by atoms with van der Waals surface area (Å²) < 4.78 is 0.658. The lowest BCUT2D eigenvalue weighted by Gasteiger charge is -1.97. The molecule has 2 nitrogen and oxygen atoms in total. The summed E-state index contributed by atoms with van der Waals surface area (Å²) in [7, 11) is 0. The van der Waals surface area contributed by atoms with Crippen molar-refractivity contribution in [3.05, 3.63) is 9.53 Å². The summed E-state index contributed by atoms with van der Waals surface area (Å²) >= 11 is 1.95. The van der Waals surface area contributed by atoms with Crippen molar-refractivity contribution in [3.63, 3.8) is 0 Å². The van der Waals surface area contributed by atoms with Crippen LogP contribution in [0.25, 0.3) is 0 Å². The molecule has 0 atom stereocenters. The van der Waals surface area contributed by atoms with Gasteiger partial charge in [-0.2, -0.15) is 0 Å². The summed E-state index contributed by atoms with van der Waals surface area (Å²) in [6.45, 7) is 2.12. The Balaban J connectivity index is 3.40. The van der Waals surface area contributed by atoms with E-state index in [9.17, 15) is 0 Å². The third-order valence-corrected chi connectivity index (χ3v) is 2.26. The number of hydrogen-bond donors (Lipinski definition) is 2. The molecule has 0 fully saturated rings. The Kier molecular flexibility index (Phi) is 5.87. The molecule has 0 aliphatic carbocycles. The summed E-state index contributed by atoms with van der Waals surface area (Å²) in [6, 6.07) is 0. The van der Waals surface area contributed by atoms with Gasteiger partial charge in [0.05, 0.1) is 3.58 Å². The van der Waals surface area contributed by atoms with E-state index in [2.05, 4.69) is 6.92 Å². The molecule has 0 aromatic rings. The van der Waals surface area contributed by atoms with Gasteiger partial charge in [0.1, 0.15) is 0 Å². The van der Waals surface area contributed by atoms with Crippen molar-refractivity contribution < 1.29 is 10.2 Å². The van der Waals surface area contributed by atoms with Crippen molar-refractivity contribution in [3.8, 4) is 0 Å². The number of aliphatic hydroxyl groups is 2. The zero-order valence-electron chi connectivity index (χ0n) is 6.10. The molecule has 3 heteroatoms. The molecule has 0 amide bonds. The van der Waals surface area contributed by atoms with Crippen molar-refractivity contribution in [2.75, 3.05) is 0 Å². The summed E-state index contributed by atoms with van der Waals surface area (Å²) in [5.41, 5.74) is 0. The molecule has 0 rings (SSSR count). The summed E-state index contributed by atoms with van der Waals surface area (Å²) in [6.07, 6.45) is 4.14. The lowest BCUT2D eigenvalue weighted by Crippen LogP contribution is -1.83. The van der Waals surface area contributed by atoms with Gasteiger partial charge in [-0.25, -0.2) is 0 Å². The van der Waals surface area contributed by atoms with Crippen molar-refractivity contribution >= 4 is 22.6 Å². The lowest BCUT2D eigenvalue weighted by atomic mass is 10.2. The first-order valence-corrected chi connectivity index (χ1v) is 4.53. The maximum absolute atomic E-state index is 8.55. The number of hydrogen-bond acceptors (Lipinski definition) is 2. The molecule has 0 aliphatic rings. The molecule has 0 unspecified atom stereocenters. The van der Waals surface area contributed by atoms with E-state index in [1.807, 2.05) is 22.6 Å². The molecule has 0 saturated heterocycles. The van der Waals surface area contributed by atoms with Crippen LogP contribution in [0.2, 0.25) is 0 Å². The van der Waals surface area contributed by atoms with E-state index in [-0.39, 0.29) is 0 Å². The van der Waals surface area contributed by atoms with E-state index in [1.165, 1.54) is 0 Å². The molecule has 0 aromatic heterocycles. The van der Waals surface area contributed by atoms with Crippen LogP contribution in [0.5, 0.6) is 0 Å². The van der Waals surface area contributed by atoms with Crippen LogP contribution in [0.4, 0.5) is 0 Å². The Morgan fingerprint density at radius 1 is 1.30 bits per heavy atom. The predicted molar refractivity (Wildman–Crippen MR) is 50.4 cm³/mol. The van der Waals surface area contributed by atoms with E-state index in [4.69, 9.17) is 10.2 Å². The van der Waals surface area contributed by atoms with Crippen molar-refractivity contribution in [1.29, 1.82) is 0 Å². The number of allylic oxidation sites excluding steroid dienone is 1. The van der Waals surface area contributed by atoms with Crippen LogP contribution in [-0.2, 0) is 0 Å². The van der Waals surface area contributed by atoms with Crippen molar-refractivity contribution in [1.82, 2.24) is 0 Å². The van der Waals surface area contributed by atoms with Crippen LogP contribution in [0.15, 0.2) is 9.53 Å². The number of halogens is 1. The third kappa shape index (κ3) is 4.90. The second-order valence-corrected chi connectivity index (χ2v) is 3.49. The van der Waals surface area contributed by atoms with Crippen LogP contribution < -0.4 is 0 Å². The highest BCUT2D eigenvalue weighted by atomic mass is 127. The van der Waals surface area contributed by atoms with Crippen molar-refractivity contribution in [2.24, 2.45) is 0 Å². The largest absolute Gasteiger partial charge is 0.481 e. The quantitative estimate of drug-likeness (QED) is 0.460. The van der Waals surface area contributed by atoms with Gasteiger partial charge in [-0.15, -0.1) is 0 Å². The molecular formula is C7H13IO2. The average Bonchev–Trinajstić information content (AvgIpc) is 1.88. The average molecular weight is 256 g/mol. The Morgan fingerprint density at radius 2 is 1.90 bits per heavy atom. The minimum Gasteiger partial charge on any atom is -0.481 e. The second kappa shape index (κ2) is 5.82. The fourth-order valence-corrected chi connectivity index (χ4v) is 1.02. The van der Waals surface area contributed by atoms with E-state index >= 15 is 0 Å². The topological polar surface area (TPSA) is 40.5 Å². The maximum Gasteiger partial charge on any atom is 0.283 e. The zero-order chi connectivity index (χ0) is 7.98. The molecule has 0 heterocycles. The highest BCUT2D eigenvalue weighted by Crippen LogP contribution is 2.17. The molecule has 60 valence electrons. The normalized spacial score (nSPS) is 9.40. The van der Waals surface area contributed by atoms with Gasteiger partial charge in [-0.3, -0.25) is 0 Å². The van der Waals surface area contributed by atoms with Crippen LogP contribution in [0.1, 0.15) is 32.6 Å². The first kappa shape index (κ1) is 10.1. The summed E-state index contributed by atoms with van der Waals surface area (Å²) in [4.78, 5) is 0. The molecule has 0 aliphatic heterocycles. The Labute approximate surface area is 75.1 Å². The monoisotopic (exact) mass is 256 g/mol. The van der Waals surface area contributed by atoms with Crippen LogP contribution in [0.3, 0.4) is 0 Å². The SMILES string of the molecule is CCCCCC(I)=C(O)O. The van der Waals surface area contributed by atoms with Gasteiger partial charge in [0.15, 0.2) is 0 Å². The first-order valence-electron chi connectivity index (χ1n) is 3.45. The molecule has 0 bridgehead atoms. The standard InChI is InChI=1S/C7H13IO2/c1-2-3-4-5-6(8)7(9)10/h9-10H,2-5H2,1H3. The fraction of sp³-hybridized carbons (Fsp3) is 0.714. The highest BCUT2D eigenvalue weighted by Gasteiger charge is 1.97. The molecule has 0 saturated carbocycles. The zero-order valence-corrected chi connectivity index (χ0v) is 8.26. The molecule has 0 radical (unpaired) electrons. The van der Waals surface area contributed by atoms with Gasteiger partial charge in [0.2, 0.25) is 0 Å². The number of aliphatic hydroxyl groups excluding tert-OH is 1. The van der Waals surface area contributed by atoms with E-state index in [0.29, 0.717) is 3.58 Å². The first-order chi connectivity index (χ1) is 4.68. The molecule has 0 aromatic carbocycles. The molecular weight excluding hydrogens is 243 g/mol. The predicted octanol–water partition coefficient (Wildman–Crippen LogP) is 3.29. The maximum atomic E-state index is 8.55. The lowest BCUT2D eigenvalue weighted by molar-refractivity contribution is 0.188. The molecule has 2 N–H and O–H groups in total. The summed E-state index contributed by atoms with van der Waals surface area (Å²) in [5, 5.41) is 17.1.